The van der Waals surface area contributed by atoms with E-state index in [4.69, 9.17) is 9.47 Å². The van der Waals surface area contributed by atoms with E-state index in [1.807, 2.05) is 0 Å². The van der Waals surface area contributed by atoms with E-state index in [-0.39, 0.29) is 6.42 Å². The minimum absolute atomic E-state index is 0.241. The number of aliphatic hydroxyl groups is 5. The zero-order valence-electron chi connectivity index (χ0n) is 39.5. The van der Waals surface area contributed by atoms with E-state index in [1.165, 1.54) is 154 Å². The smallest absolute Gasteiger partial charge is 0.394 e. The molecule has 0 spiro atoms. The molecule has 1 fully saturated rings. The average Bonchev–Trinajstić information content (AvgIpc) is 3.25. The van der Waals surface area contributed by atoms with Crippen LogP contribution in [0.25, 0.3) is 0 Å². The molecule has 0 radical (unpaired) electrons. The predicted molar refractivity (Wildman–Crippen MR) is 251 cm³/mol. The molecule has 13 nitrogen and oxygen atoms in total. The molecule has 1 heterocycles. The SMILES string of the molecule is CCCCCCCCCCCC/C=C/CC/C=C/C(O)C(COC1OC(CO)C(O)C(OS(=O)(=O)O)C1O)NC(=O)C(O)CCCCCCCCCCCCCCCCCCCC. The summed E-state index contributed by atoms with van der Waals surface area (Å²) in [5.41, 5.74) is 0. The maximum Gasteiger partial charge on any atom is 0.397 e. The summed E-state index contributed by atoms with van der Waals surface area (Å²) < 4.78 is 47.6. The lowest BCUT2D eigenvalue weighted by Gasteiger charge is -2.41. The molecule has 14 heteroatoms. The van der Waals surface area contributed by atoms with Gasteiger partial charge in [-0.1, -0.05) is 212 Å². The van der Waals surface area contributed by atoms with Crippen molar-refractivity contribution < 1.29 is 57.0 Å². The summed E-state index contributed by atoms with van der Waals surface area (Å²) in [5, 5.41) is 55.3. The van der Waals surface area contributed by atoms with Gasteiger partial charge in [0.2, 0.25) is 5.91 Å². The van der Waals surface area contributed by atoms with Gasteiger partial charge in [-0.15, -0.1) is 0 Å². The van der Waals surface area contributed by atoms with Crippen molar-refractivity contribution in [3.63, 3.8) is 0 Å². The summed E-state index contributed by atoms with van der Waals surface area (Å²) >= 11 is 0. The Morgan fingerprint density at radius 1 is 0.635 bits per heavy atom. The third-order valence-corrected chi connectivity index (χ3v) is 12.6. The summed E-state index contributed by atoms with van der Waals surface area (Å²) in [6, 6.07) is -1.13. The minimum Gasteiger partial charge on any atom is -0.394 e. The average molecular weight is 920 g/mol. The first-order valence-corrected chi connectivity index (χ1v) is 26.7. The second kappa shape index (κ2) is 39.7. The molecule has 8 unspecified atom stereocenters. The maximum absolute atomic E-state index is 13.1. The van der Waals surface area contributed by atoms with Gasteiger partial charge in [0.05, 0.1) is 25.4 Å². The topological polar surface area (TPSA) is 212 Å². The van der Waals surface area contributed by atoms with E-state index in [2.05, 4.69) is 35.5 Å². The number of carbonyl (C=O) groups excluding carboxylic acids is 1. The Morgan fingerprint density at radius 3 is 1.52 bits per heavy atom. The normalized spacial score (nSPS) is 21.0. The van der Waals surface area contributed by atoms with Crippen molar-refractivity contribution in [2.24, 2.45) is 0 Å². The number of rotatable bonds is 43. The molecule has 1 amide bonds. The largest absolute Gasteiger partial charge is 0.397 e. The molecule has 0 aromatic rings. The summed E-state index contributed by atoms with van der Waals surface area (Å²) in [7, 11) is -5.12. The van der Waals surface area contributed by atoms with Gasteiger partial charge >= 0.3 is 10.4 Å². The lowest BCUT2D eigenvalue weighted by Crippen LogP contribution is -2.61. The Labute approximate surface area is 383 Å². The van der Waals surface area contributed by atoms with Crippen LogP contribution in [0, 0.1) is 0 Å². The molecular formula is C49H93NO12S. The van der Waals surface area contributed by atoms with Crippen molar-refractivity contribution in [2.75, 3.05) is 13.2 Å². The highest BCUT2D eigenvalue weighted by Crippen LogP contribution is 2.26. The zero-order valence-corrected chi connectivity index (χ0v) is 40.3. The molecule has 0 aliphatic carbocycles. The van der Waals surface area contributed by atoms with Crippen LogP contribution in [0.15, 0.2) is 24.3 Å². The minimum atomic E-state index is -5.12. The Balaban J connectivity index is 2.54. The second-order valence-electron chi connectivity index (χ2n) is 17.9. The third kappa shape index (κ3) is 32.0. The molecule has 1 aliphatic heterocycles. The molecule has 0 aromatic heterocycles. The molecule has 0 saturated carbocycles. The summed E-state index contributed by atoms with van der Waals surface area (Å²) in [6.45, 7) is 3.22. The van der Waals surface area contributed by atoms with Crippen molar-refractivity contribution in [1.82, 2.24) is 5.32 Å². The van der Waals surface area contributed by atoms with E-state index in [0.29, 0.717) is 12.8 Å². The fraction of sp³-hybridized carbons (Fsp3) is 0.898. The monoisotopic (exact) mass is 920 g/mol. The van der Waals surface area contributed by atoms with Gasteiger partial charge in [0.15, 0.2) is 6.29 Å². The fourth-order valence-electron chi connectivity index (χ4n) is 8.07. The number of ether oxygens (including phenoxy) is 2. The van der Waals surface area contributed by atoms with Crippen LogP contribution in [-0.2, 0) is 28.9 Å². The van der Waals surface area contributed by atoms with Gasteiger partial charge < -0.3 is 40.3 Å². The highest BCUT2D eigenvalue weighted by atomic mass is 32.3. The van der Waals surface area contributed by atoms with Crippen LogP contribution < -0.4 is 5.32 Å². The second-order valence-corrected chi connectivity index (χ2v) is 18.9. The van der Waals surface area contributed by atoms with Crippen molar-refractivity contribution in [3.05, 3.63) is 24.3 Å². The Hall–Kier alpha value is -1.46. The zero-order chi connectivity index (χ0) is 46.4. The van der Waals surface area contributed by atoms with Gasteiger partial charge in [-0.3, -0.25) is 9.35 Å². The lowest BCUT2D eigenvalue weighted by atomic mass is 9.99. The van der Waals surface area contributed by atoms with Crippen molar-refractivity contribution in [1.29, 1.82) is 0 Å². The number of nitrogens with one attached hydrogen (secondary N) is 1. The van der Waals surface area contributed by atoms with Gasteiger partial charge in [-0.2, -0.15) is 8.42 Å². The molecule has 1 rings (SSSR count). The molecule has 372 valence electrons. The summed E-state index contributed by atoms with van der Waals surface area (Å²) in [6.07, 6.45) is 34.0. The molecule has 1 saturated heterocycles. The first-order valence-electron chi connectivity index (χ1n) is 25.3. The van der Waals surface area contributed by atoms with Crippen molar-refractivity contribution in [3.8, 4) is 0 Å². The van der Waals surface area contributed by atoms with E-state index < -0.39 is 78.5 Å². The Morgan fingerprint density at radius 2 is 1.06 bits per heavy atom. The standard InChI is InChI=1S/C49H93NO12S/c1-3-5-7-9-11-13-15-17-19-21-22-24-26-28-30-32-34-36-38-43(53)48(56)50-41(40-60-49-46(55)47(62-63(57,58)59)45(54)44(39-51)61-49)42(52)37-35-33-31-29-27-25-23-20-18-16-14-12-10-8-6-4-2/h27,29,35,37,41-47,49,51-55H,3-26,28,30-34,36,38-40H2,1-2H3,(H,50,56)(H,57,58,59)/b29-27+,37-35+. The van der Waals surface area contributed by atoms with E-state index in [0.717, 1.165) is 38.5 Å². The van der Waals surface area contributed by atoms with E-state index >= 15 is 0 Å². The van der Waals surface area contributed by atoms with Gasteiger partial charge in [0.25, 0.3) is 0 Å². The summed E-state index contributed by atoms with van der Waals surface area (Å²) in [5.74, 6) is -0.709. The Kier molecular flexibility index (Phi) is 37.5. The maximum atomic E-state index is 13.1. The van der Waals surface area contributed by atoms with Crippen LogP contribution in [0.4, 0.5) is 0 Å². The molecule has 63 heavy (non-hydrogen) atoms. The van der Waals surface area contributed by atoms with Crippen LogP contribution in [0.1, 0.15) is 219 Å². The number of amides is 1. The number of aliphatic hydroxyl groups excluding tert-OH is 5. The van der Waals surface area contributed by atoms with Crippen LogP contribution in [-0.4, -0.2) is 107 Å². The van der Waals surface area contributed by atoms with Gasteiger partial charge in [-0.05, 0) is 32.1 Å². The molecule has 0 bridgehead atoms. The summed E-state index contributed by atoms with van der Waals surface area (Å²) in [4.78, 5) is 13.1. The predicted octanol–water partition coefficient (Wildman–Crippen LogP) is 9.47. The van der Waals surface area contributed by atoms with Crippen LogP contribution >= 0.6 is 0 Å². The number of hydrogen-bond donors (Lipinski definition) is 7. The van der Waals surface area contributed by atoms with Gasteiger partial charge in [-0.25, -0.2) is 4.18 Å². The molecule has 0 aromatic carbocycles. The van der Waals surface area contributed by atoms with Gasteiger partial charge in [0, 0.05) is 0 Å². The van der Waals surface area contributed by atoms with Crippen LogP contribution in [0.2, 0.25) is 0 Å². The highest BCUT2D eigenvalue weighted by molar-refractivity contribution is 7.80. The molecule has 1 aliphatic rings. The first-order chi connectivity index (χ1) is 30.4. The number of hydrogen-bond acceptors (Lipinski definition) is 11. The van der Waals surface area contributed by atoms with E-state index in [1.54, 1.807) is 6.08 Å². The molecule has 7 N–H and O–H groups in total. The first kappa shape index (κ1) is 59.6. The number of carbonyl (C=O) groups is 1. The highest BCUT2D eigenvalue weighted by Gasteiger charge is 2.48. The van der Waals surface area contributed by atoms with Crippen LogP contribution in [0.5, 0.6) is 0 Å². The Bertz CT molecular complexity index is 1240. The third-order valence-electron chi connectivity index (χ3n) is 12.1. The number of unbranched alkanes of at least 4 members (excludes halogenated alkanes) is 28. The van der Waals surface area contributed by atoms with Gasteiger partial charge in [0.1, 0.15) is 30.5 Å². The molecule has 8 atom stereocenters. The van der Waals surface area contributed by atoms with Crippen LogP contribution in [0.3, 0.4) is 0 Å². The lowest BCUT2D eigenvalue weighted by molar-refractivity contribution is -0.298. The van der Waals surface area contributed by atoms with Crippen molar-refractivity contribution in [2.45, 2.75) is 268 Å². The number of allylic oxidation sites excluding steroid dienone is 3. The fourth-order valence-corrected chi connectivity index (χ4v) is 8.57. The quantitative estimate of drug-likeness (QED) is 0.0173. The molecular weight excluding hydrogens is 827 g/mol. The van der Waals surface area contributed by atoms with Crippen molar-refractivity contribution >= 4 is 16.3 Å². The van der Waals surface area contributed by atoms with E-state index in [9.17, 15) is 43.3 Å².